The van der Waals surface area contributed by atoms with Crippen molar-refractivity contribution in [3.63, 3.8) is 0 Å². The Morgan fingerprint density at radius 1 is 1.00 bits per heavy atom. The Morgan fingerprint density at radius 3 is 2.00 bits per heavy atom. The molecule has 1 heteroatoms. The van der Waals surface area contributed by atoms with E-state index >= 15 is 0 Å². The fourth-order valence-corrected chi connectivity index (χ4v) is 1.28. The summed E-state index contributed by atoms with van der Waals surface area (Å²) in [4.78, 5) is 0. The number of hydrogen-bond donors (Lipinski definition) is 0. The second-order valence-electron chi connectivity index (χ2n) is 3.36. The molecular weight excluding hydrogens is 347 g/mol. The Labute approximate surface area is 112 Å². The van der Waals surface area contributed by atoms with E-state index in [1.54, 1.807) is 0 Å². The predicted octanol–water partition coefficient (Wildman–Crippen LogP) is 4.15. The van der Waals surface area contributed by atoms with Crippen molar-refractivity contribution in [3.8, 4) is 0 Å². The van der Waals surface area contributed by atoms with E-state index in [9.17, 15) is 0 Å². The van der Waals surface area contributed by atoms with E-state index < -0.39 is 0 Å². The van der Waals surface area contributed by atoms with Gasteiger partial charge in [0.1, 0.15) is 0 Å². The molecule has 0 heterocycles. The molecule has 0 aromatic heterocycles. The van der Waals surface area contributed by atoms with Gasteiger partial charge in [0, 0.05) is 25.8 Å². The largest absolute Gasteiger partial charge is 0.214 e. The van der Waals surface area contributed by atoms with Crippen LogP contribution in [0.2, 0.25) is 0 Å². The third kappa shape index (κ3) is 7.49. The van der Waals surface area contributed by atoms with Crippen LogP contribution in [0.3, 0.4) is 0 Å². The molecule has 0 unspecified atom stereocenters. The van der Waals surface area contributed by atoms with Crippen molar-refractivity contribution < 1.29 is 25.8 Å². The summed E-state index contributed by atoms with van der Waals surface area (Å²) >= 11 is 0. The molecule has 0 fully saturated rings. The number of rotatable bonds is 3. The first-order valence-corrected chi connectivity index (χ1v) is 5.30. The smallest absolute Gasteiger partial charge is 0 e. The molecule has 0 radical (unpaired) electrons. The molecule has 0 saturated carbocycles. The van der Waals surface area contributed by atoms with Gasteiger partial charge in [-0.1, -0.05) is 26.2 Å². The van der Waals surface area contributed by atoms with E-state index in [1.165, 1.54) is 24.8 Å². The van der Waals surface area contributed by atoms with Gasteiger partial charge in [0.2, 0.25) is 0 Å². The van der Waals surface area contributed by atoms with Crippen LogP contribution in [0.1, 0.15) is 25.3 Å². The van der Waals surface area contributed by atoms with Gasteiger partial charge in [-0.05, 0) is 0 Å². The Kier molecular flexibility index (Phi) is 9.81. The SMILES string of the molecule is CCCC[c-]1cccc1.[Hf].c1cc[cH-]c1. The fourth-order valence-electron chi connectivity index (χ4n) is 1.28. The molecule has 0 aliphatic carbocycles. The normalized spacial score (nSPS) is 8.60. The van der Waals surface area contributed by atoms with E-state index in [1.807, 2.05) is 30.3 Å². The van der Waals surface area contributed by atoms with E-state index in [4.69, 9.17) is 0 Å². The summed E-state index contributed by atoms with van der Waals surface area (Å²) in [5, 5.41) is 0. The van der Waals surface area contributed by atoms with Gasteiger partial charge >= 0.3 is 0 Å². The van der Waals surface area contributed by atoms with Gasteiger partial charge in [-0.15, -0.1) is 0 Å². The first-order chi connectivity index (χ1) is 6.93. The molecule has 80 valence electrons. The zero-order chi connectivity index (χ0) is 10.1. The van der Waals surface area contributed by atoms with Crippen LogP contribution in [0.15, 0.2) is 54.6 Å². The number of unbranched alkanes of at least 4 members (excludes halogenated alkanes) is 1. The van der Waals surface area contributed by atoms with Gasteiger partial charge < -0.3 is 0 Å². The molecule has 0 aliphatic rings. The van der Waals surface area contributed by atoms with E-state index in [0.29, 0.717) is 0 Å². The maximum absolute atomic E-state index is 2.23. The van der Waals surface area contributed by atoms with Crippen molar-refractivity contribution >= 4 is 0 Å². The van der Waals surface area contributed by atoms with Crippen molar-refractivity contribution in [1.82, 2.24) is 0 Å². The van der Waals surface area contributed by atoms with Gasteiger partial charge in [-0.25, -0.2) is 24.3 Å². The van der Waals surface area contributed by atoms with Gasteiger partial charge in [-0.3, -0.25) is 0 Å². The second kappa shape index (κ2) is 10.1. The van der Waals surface area contributed by atoms with E-state index in [0.717, 1.165) is 0 Å². The fraction of sp³-hybridized carbons (Fsp3) is 0.286. The van der Waals surface area contributed by atoms with E-state index in [2.05, 4.69) is 31.2 Å². The third-order valence-corrected chi connectivity index (χ3v) is 2.11. The minimum Gasteiger partial charge on any atom is -0.214 e. The first kappa shape index (κ1) is 14.6. The summed E-state index contributed by atoms with van der Waals surface area (Å²) in [6, 6.07) is 18.6. The topological polar surface area (TPSA) is 0 Å². The second-order valence-corrected chi connectivity index (χ2v) is 3.36. The maximum atomic E-state index is 2.23. The predicted molar refractivity (Wildman–Crippen MR) is 62.7 cm³/mol. The average Bonchev–Trinajstić information content (AvgIpc) is 2.90. The van der Waals surface area contributed by atoms with Crippen LogP contribution >= 0.6 is 0 Å². The summed E-state index contributed by atoms with van der Waals surface area (Å²) in [6.45, 7) is 2.23. The molecule has 0 saturated heterocycles. The molecule has 0 aliphatic heterocycles. The van der Waals surface area contributed by atoms with Crippen LogP contribution in [-0.4, -0.2) is 0 Å². The van der Waals surface area contributed by atoms with Gasteiger partial charge in [0.05, 0.1) is 0 Å². The molecular formula is C14H18Hf-2. The van der Waals surface area contributed by atoms with Crippen molar-refractivity contribution in [2.45, 2.75) is 26.2 Å². The van der Waals surface area contributed by atoms with Gasteiger partial charge in [-0.2, -0.15) is 35.9 Å². The van der Waals surface area contributed by atoms with Crippen LogP contribution < -0.4 is 0 Å². The number of hydrogen-bond acceptors (Lipinski definition) is 0. The molecule has 2 aromatic rings. The van der Waals surface area contributed by atoms with Crippen LogP contribution in [0, 0.1) is 0 Å². The van der Waals surface area contributed by atoms with Crippen molar-refractivity contribution in [2.24, 2.45) is 0 Å². The van der Waals surface area contributed by atoms with Crippen LogP contribution in [0.4, 0.5) is 0 Å². The quantitative estimate of drug-likeness (QED) is 0.567. The minimum atomic E-state index is 0. The maximum Gasteiger partial charge on any atom is 0 e. The Bertz CT molecular complexity index is 262. The zero-order valence-electron chi connectivity index (χ0n) is 9.32. The summed E-state index contributed by atoms with van der Waals surface area (Å²) in [6.07, 6.45) is 3.87. The molecule has 0 N–H and O–H groups in total. The molecule has 2 rings (SSSR count). The molecule has 0 nitrogen and oxygen atoms in total. The summed E-state index contributed by atoms with van der Waals surface area (Å²) < 4.78 is 0. The molecule has 15 heavy (non-hydrogen) atoms. The summed E-state index contributed by atoms with van der Waals surface area (Å²) in [5.41, 5.74) is 1.48. The Hall–Kier alpha value is -0.430. The molecule has 0 atom stereocenters. The third-order valence-electron chi connectivity index (χ3n) is 2.11. The molecule has 0 bridgehead atoms. The zero-order valence-corrected chi connectivity index (χ0v) is 12.9. The van der Waals surface area contributed by atoms with Gasteiger partial charge in [0.25, 0.3) is 0 Å². The summed E-state index contributed by atoms with van der Waals surface area (Å²) in [7, 11) is 0. The molecule has 0 amide bonds. The monoisotopic (exact) mass is 366 g/mol. The minimum absolute atomic E-state index is 0. The van der Waals surface area contributed by atoms with Crippen LogP contribution in [0.5, 0.6) is 0 Å². The number of aryl methyl sites for hydroxylation is 1. The molecule has 0 spiro atoms. The van der Waals surface area contributed by atoms with Crippen LogP contribution in [0.25, 0.3) is 0 Å². The van der Waals surface area contributed by atoms with E-state index in [-0.39, 0.29) is 25.8 Å². The van der Waals surface area contributed by atoms with Crippen LogP contribution in [-0.2, 0) is 32.3 Å². The van der Waals surface area contributed by atoms with Crippen molar-refractivity contribution in [1.29, 1.82) is 0 Å². The summed E-state index contributed by atoms with van der Waals surface area (Å²) in [5.74, 6) is 0. The van der Waals surface area contributed by atoms with Gasteiger partial charge in [0.15, 0.2) is 0 Å². The Balaban J connectivity index is 0.000000280. The average molecular weight is 365 g/mol. The Morgan fingerprint density at radius 2 is 1.60 bits per heavy atom. The van der Waals surface area contributed by atoms with Crippen molar-refractivity contribution in [3.05, 3.63) is 60.2 Å². The first-order valence-electron chi connectivity index (χ1n) is 5.30. The van der Waals surface area contributed by atoms with Crippen molar-refractivity contribution in [2.75, 3.05) is 0 Å². The molecule has 2 aromatic carbocycles. The standard InChI is InChI=1S/C9H13.C5H5.Hf/c1-2-3-6-9-7-4-5-8-9;1-2-4-5-3-1;/h4-5,7-8H,2-3,6H2,1H3;1-5H;/q2*-1;.